The van der Waals surface area contributed by atoms with E-state index in [-0.39, 0.29) is 17.9 Å². The van der Waals surface area contributed by atoms with Crippen LogP contribution >= 0.6 is 0 Å². The minimum atomic E-state index is -0.0376. The molecule has 2 aromatic rings. The van der Waals surface area contributed by atoms with E-state index < -0.39 is 0 Å². The zero-order valence-electron chi connectivity index (χ0n) is 16.4. The molecule has 0 aromatic heterocycles. The van der Waals surface area contributed by atoms with Crippen LogP contribution in [0.5, 0.6) is 5.75 Å². The van der Waals surface area contributed by atoms with Crippen LogP contribution < -0.4 is 4.74 Å². The van der Waals surface area contributed by atoms with Crippen LogP contribution in [-0.2, 0) is 4.79 Å². The van der Waals surface area contributed by atoms with Crippen LogP contribution in [0.4, 0.5) is 0 Å². The number of likely N-dealkylation sites (tertiary alicyclic amines) is 1. The maximum absolute atomic E-state index is 12.6. The minimum Gasteiger partial charge on any atom is -0.489 e. The molecule has 28 heavy (non-hydrogen) atoms. The SMILES string of the molecule is CN(C)C(=O)c1ccc(/C=C/C(=O)N2CCCC(Oc3ccccc3)C2)cc1. The summed E-state index contributed by atoms with van der Waals surface area (Å²) >= 11 is 0. The molecule has 1 aliphatic rings. The Bertz CT molecular complexity index is 829. The molecule has 1 aliphatic heterocycles. The molecule has 0 saturated carbocycles. The third-order valence-electron chi connectivity index (χ3n) is 4.72. The third-order valence-corrected chi connectivity index (χ3v) is 4.72. The fourth-order valence-electron chi connectivity index (χ4n) is 3.19. The Labute approximate surface area is 166 Å². The number of carbonyl (C=O) groups excluding carboxylic acids is 2. The standard InChI is InChI=1S/C23H26N2O3/c1-24(2)23(27)19-13-10-18(11-14-19)12-15-22(26)25-16-6-9-21(17-25)28-20-7-4-3-5-8-20/h3-5,7-8,10-15,21H,6,9,16-17H2,1-2H3/b15-12+. The molecule has 5 heteroatoms. The normalized spacial score (nSPS) is 16.8. The van der Waals surface area contributed by atoms with E-state index in [0.717, 1.165) is 30.7 Å². The number of ether oxygens (including phenoxy) is 1. The second-order valence-electron chi connectivity index (χ2n) is 7.13. The number of amides is 2. The van der Waals surface area contributed by atoms with E-state index in [0.29, 0.717) is 12.1 Å². The van der Waals surface area contributed by atoms with Gasteiger partial charge in [0.1, 0.15) is 11.9 Å². The van der Waals surface area contributed by atoms with Gasteiger partial charge in [-0.1, -0.05) is 30.3 Å². The summed E-state index contributed by atoms with van der Waals surface area (Å²) in [6.07, 6.45) is 5.27. The van der Waals surface area contributed by atoms with E-state index in [1.807, 2.05) is 47.4 Å². The largest absolute Gasteiger partial charge is 0.489 e. The Morgan fingerprint density at radius 3 is 2.46 bits per heavy atom. The Kier molecular flexibility index (Phi) is 6.48. The second-order valence-corrected chi connectivity index (χ2v) is 7.13. The predicted molar refractivity (Wildman–Crippen MR) is 110 cm³/mol. The first-order valence-corrected chi connectivity index (χ1v) is 9.53. The van der Waals surface area contributed by atoms with E-state index in [1.54, 1.807) is 43.3 Å². The smallest absolute Gasteiger partial charge is 0.253 e. The van der Waals surface area contributed by atoms with Gasteiger partial charge in [-0.3, -0.25) is 9.59 Å². The lowest BCUT2D eigenvalue weighted by Crippen LogP contribution is -2.43. The molecular formula is C23H26N2O3. The lowest BCUT2D eigenvalue weighted by molar-refractivity contribution is -0.128. The summed E-state index contributed by atoms with van der Waals surface area (Å²) in [5.74, 6) is 0.781. The molecule has 1 saturated heterocycles. The van der Waals surface area contributed by atoms with Crippen molar-refractivity contribution in [1.82, 2.24) is 9.80 Å². The monoisotopic (exact) mass is 378 g/mol. The lowest BCUT2D eigenvalue weighted by Gasteiger charge is -2.32. The van der Waals surface area contributed by atoms with Crippen LogP contribution in [0, 0.1) is 0 Å². The van der Waals surface area contributed by atoms with E-state index in [9.17, 15) is 9.59 Å². The van der Waals surface area contributed by atoms with E-state index in [2.05, 4.69) is 0 Å². The molecule has 1 unspecified atom stereocenters. The topological polar surface area (TPSA) is 49.9 Å². The van der Waals surface area contributed by atoms with Gasteiger partial charge in [0.15, 0.2) is 0 Å². The second kappa shape index (κ2) is 9.22. The molecule has 0 radical (unpaired) electrons. The summed E-state index contributed by atoms with van der Waals surface area (Å²) in [5, 5.41) is 0. The third kappa shape index (κ3) is 5.22. The van der Waals surface area contributed by atoms with Gasteiger partial charge in [0.25, 0.3) is 5.91 Å². The number of hydrogen-bond donors (Lipinski definition) is 0. The fourth-order valence-corrected chi connectivity index (χ4v) is 3.19. The zero-order chi connectivity index (χ0) is 19.9. The summed E-state index contributed by atoms with van der Waals surface area (Å²) in [4.78, 5) is 27.9. The molecule has 0 N–H and O–H groups in total. The molecule has 1 fully saturated rings. The van der Waals surface area contributed by atoms with Gasteiger partial charge in [0.2, 0.25) is 5.91 Å². The summed E-state index contributed by atoms with van der Waals surface area (Å²) in [6, 6.07) is 17.0. The summed E-state index contributed by atoms with van der Waals surface area (Å²) in [5.41, 5.74) is 1.52. The zero-order valence-corrected chi connectivity index (χ0v) is 16.4. The van der Waals surface area contributed by atoms with Crippen molar-refractivity contribution in [3.63, 3.8) is 0 Å². The van der Waals surface area contributed by atoms with Gasteiger partial charge >= 0.3 is 0 Å². The molecule has 146 valence electrons. The van der Waals surface area contributed by atoms with Gasteiger partial charge in [-0.05, 0) is 48.7 Å². The van der Waals surface area contributed by atoms with Crippen molar-refractivity contribution in [3.05, 3.63) is 71.8 Å². The van der Waals surface area contributed by atoms with Crippen molar-refractivity contribution < 1.29 is 14.3 Å². The van der Waals surface area contributed by atoms with Crippen molar-refractivity contribution in [2.75, 3.05) is 27.2 Å². The quantitative estimate of drug-likeness (QED) is 0.749. The number of rotatable bonds is 5. The number of piperidine rings is 1. The predicted octanol–water partition coefficient (Wildman–Crippen LogP) is 3.47. The van der Waals surface area contributed by atoms with Crippen LogP contribution in [0.1, 0.15) is 28.8 Å². The number of carbonyl (C=O) groups is 2. The molecule has 0 bridgehead atoms. The maximum atomic E-state index is 12.6. The average molecular weight is 378 g/mol. The molecule has 0 aliphatic carbocycles. The number of benzene rings is 2. The van der Waals surface area contributed by atoms with Crippen molar-refractivity contribution in [1.29, 1.82) is 0 Å². The molecule has 2 amide bonds. The Morgan fingerprint density at radius 1 is 1.07 bits per heavy atom. The van der Waals surface area contributed by atoms with Gasteiger partial charge in [0.05, 0.1) is 6.54 Å². The molecule has 3 rings (SSSR count). The van der Waals surface area contributed by atoms with E-state index >= 15 is 0 Å². The molecule has 2 aromatic carbocycles. The average Bonchev–Trinajstić information content (AvgIpc) is 2.72. The molecule has 0 spiro atoms. The molecule has 1 atom stereocenters. The van der Waals surface area contributed by atoms with Crippen molar-refractivity contribution in [2.24, 2.45) is 0 Å². The van der Waals surface area contributed by atoms with E-state index in [1.165, 1.54) is 0 Å². The lowest BCUT2D eigenvalue weighted by atomic mass is 10.1. The Morgan fingerprint density at radius 2 is 1.79 bits per heavy atom. The number of para-hydroxylation sites is 1. The first-order valence-electron chi connectivity index (χ1n) is 9.53. The summed E-state index contributed by atoms with van der Waals surface area (Å²) in [7, 11) is 3.45. The highest BCUT2D eigenvalue weighted by molar-refractivity contribution is 5.94. The highest BCUT2D eigenvalue weighted by atomic mass is 16.5. The van der Waals surface area contributed by atoms with Crippen molar-refractivity contribution in [3.8, 4) is 5.75 Å². The number of hydrogen-bond acceptors (Lipinski definition) is 3. The Balaban J connectivity index is 1.57. The van der Waals surface area contributed by atoms with Crippen LogP contribution in [0.25, 0.3) is 6.08 Å². The van der Waals surface area contributed by atoms with Crippen LogP contribution in [0.15, 0.2) is 60.7 Å². The highest BCUT2D eigenvalue weighted by Crippen LogP contribution is 2.18. The fraction of sp³-hybridized carbons (Fsp3) is 0.304. The first-order chi connectivity index (χ1) is 13.5. The van der Waals surface area contributed by atoms with Gasteiger partial charge in [-0.15, -0.1) is 0 Å². The van der Waals surface area contributed by atoms with Gasteiger partial charge in [-0.2, -0.15) is 0 Å². The highest BCUT2D eigenvalue weighted by Gasteiger charge is 2.23. The van der Waals surface area contributed by atoms with Crippen LogP contribution in [-0.4, -0.2) is 54.9 Å². The summed E-state index contributed by atoms with van der Waals surface area (Å²) in [6.45, 7) is 1.34. The molecular weight excluding hydrogens is 352 g/mol. The van der Waals surface area contributed by atoms with Crippen molar-refractivity contribution in [2.45, 2.75) is 18.9 Å². The van der Waals surface area contributed by atoms with Crippen molar-refractivity contribution >= 4 is 17.9 Å². The maximum Gasteiger partial charge on any atom is 0.253 e. The van der Waals surface area contributed by atoms with Gasteiger partial charge < -0.3 is 14.5 Å². The number of nitrogens with zero attached hydrogens (tertiary/aromatic N) is 2. The molecule has 5 nitrogen and oxygen atoms in total. The van der Waals surface area contributed by atoms with Gasteiger partial charge in [0, 0.05) is 32.3 Å². The van der Waals surface area contributed by atoms with Gasteiger partial charge in [-0.25, -0.2) is 0 Å². The molecule has 1 heterocycles. The minimum absolute atomic E-state index is 0.0184. The van der Waals surface area contributed by atoms with E-state index in [4.69, 9.17) is 4.74 Å². The first kappa shape index (κ1) is 19.7. The van der Waals surface area contributed by atoms with Crippen LogP contribution in [0.2, 0.25) is 0 Å². The Hall–Kier alpha value is -3.08. The summed E-state index contributed by atoms with van der Waals surface area (Å²) < 4.78 is 6.00. The van der Waals surface area contributed by atoms with Crippen LogP contribution in [0.3, 0.4) is 0 Å².